The number of rotatable bonds is 6. The maximum absolute atomic E-state index is 11.3. The van der Waals surface area contributed by atoms with E-state index in [0.29, 0.717) is 13.0 Å². The van der Waals surface area contributed by atoms with E-state index in [1.54, 1.807) is 5.51 Å². The molecule has 5 nitrogen and oxygen atoms in total. The van der Waals surface area contributed by atoms with Crippen LogP contribution in [0.25, 0.3) is 0 Å². The number of hydrogen-bond donors (Lipinski definition) is 3. The van der Waals surface area contributed by atoms with Crippen molar-refractivity contribution in [2.45, 2.75) is 32.4 Å². The van der Waals surface area contributed by atoms with Crippen molar-refractivity contribution < 1.29 is 9.90 Å². The zero-order valence-corrected chi connectivity index (χ0v) is 10.1. The first-order valence-corrected chi connectivity index (χ1v) is 6.23. The number of aromatic nitrogens is 1. The highest BCUT2D eigenvalue weighted by atomic mass is 32.1. The van der Waals surface area contributed by atoms with Crippen LogP contribution in [0.5, 0.6) is 0 Å². The Balaban J connectivity index is 2.11. The maximum Gasteiger partial charge on any atom is 0.315 e. The van der Waals surface area contributed by atoms with Crippen LogP contribution < -0.4 is 10.6 Å². The van der Waals surface area contributed by atoms with E-state index >= 15 is 0 Å². The van der Waals surface area contributed by atoms with Gasteiger partial charge in [0, 0.05) is 11.9 Å². The minimum Gasteiger partial charge on any atom is -0.391 e. The van der Waals surface area contributed by atoms with E-state index in [0.717, 1.165) is 12.1 Å². The van der Waals surface area contributed by atoms with Gasteiger partial charge in [-0.2, -0.15) is 0 Å². The second kappa shape index (κ2) is 7.19. The molecule has 16 heavy (non-hydrogen) atoms. The van der Waals surface area contributed by atoms with Crippen LogP contribution in [0.4, 0.5) is 4.79 Å². The van der Waals surface area contributed by atoms with Gasteiger partial charge in [-0.05, 0) is 6.42 Å². The quantitative estimate of drug-likeness (QED) is 0.700. The molecule has 0 radical (unpaired) electrons. The minimum atomic E-state index is -0.463. The fourth-order valence-electron chi connectivity index (χ4n) is 1.20. The Labute approximate surface area is 98.9 Å². The van der Waals surface area contributed by atoms with E-state index in [1.165, 1.54) is 11.3 Å². The van der Waals surface area contributed by atoms with Gasteiger partial charge in [0.15, 0.2) is 0 Å². The van der Waals surface area contributed by atoms with Gasteiger partial charge in [-0.1, -0.05) is 13.3 Å². The normalized spacial score (nSPS) is 12.1. The third-order valence-corrected chi connectivity index (χ3v) is 2.67. The SMILES string of the molecule is CCCC(O)CNC(=O)NCc1cscn1. The molecule has 90 valence electrons. The molecule has 0 fully saturated rings. The fraction of sp³-hybridized carbons (Fsp3) is 0.600. The molecule has 0 aliphatic rings. The number of aliphatic hydroxyl groups excluding tert-OH is 1. The van der Waals surface area contributed by atoms with Crippen LogP contribution >= 0.6 is 11.3 Å². The number of urea groups is 1. The molecule has 0 aromatic carbocycles. The molecular weight excluding hydrogens is 226 g/mol. The lowest BCUT2D eigenvalue weighted by Crippen LogP contribution is -2.39. The van der Waals surface area contributed by atoms with Gasteiger partial charge in [0.05, 0.1) is 23.9 Å². The van der Waals surface area contributed by atoms with Crippen LogP contribution in [-0.2, 0) is 6.54 Å². The first-order valence-electron chi connectivity index (χ1n) is 5.29. The van der Waals surface area contributed by atoms with Crippen LogP contribution in [0, 0.1) is 0 Å². The number of nitrogens with one attached hydrogen (secondary N) is 2. The molecule has 1 heterocycles. The van der Waals surface area contributed by atoms with Crippen molar-refractivity contribution in [1.29, 1.82) is 0 Å². The third kappa shape index (κ3) is 5.09. The van der Waals surface area contributed by atoms with Crippen molar-refractivity contribution in [2.24, 2.45) is 0 Å². The summed E-state index contributed by atoms with van der Waals surface area (Å²) >= 11 is 1.49. The Morgan fingerprint density at radius 2 is 2.44 bits per heavy atom. The number of amides is 2. The number of carbonyl (C=O) groups is 1. The molecule has 2 amide bonds. The predicted molar refractivity (Wildman–Crippen MR) is 63.3 cm³/mol. The van der Waals surface area contributed by atoms with Crippen molar-refractivity contribution in [3.8, 4) is 0 Å². The van der Waals surface area contributed by atoms with Crippen LogP contribution in [0.15, 0.2) is 10.9 Å². The lowest BCUT2D eigenvalue weighted by Gasteiger charge is -2.11. The van der Waals surface area contributed by atoms with Gasteiger partial charge in [0.2, 0.25) is 0 Å². The van der Waals surface area contributed by atoms with Gasteiger partial charge in [-0.15, -0.1) is 11.3 Å². The van der Waals surface area contributed by atoms with E-state index in [9.17, 15) is 9.90 Å². The standard InChI is InChI=1S/C10H17N3O2S/c1-2-3-9(14)5-12-10(15)11-4-8-6-16-7-13-8/h6-7,9,14H,2-5H2,1H3,(H2,11,12,15). The van der Waals surface area contributed by atoms with Crippen molar-refractivity contribution in [3.63, 3.8) is 0 Å². The second-order valence-electron chi connectivity index (χ2n) is 3.49. The lowest BCUT2D eigenvalue weighted by molar-refractivity contribution is 0.160. The third-order valence-electron chi connectivity index (χ3n) is 2.03. The second-order valence-corrected chi connectivity index (χ2v) is 4.20. The molecule has 0 saturated carbocycles. The highest BCUT2D eigenvalue weighted by Crippen LogP contribution is 1.99. The van der Waals surface area contributed by atoms with E-state index in [1.807, 2.05) is 12.3 Å². The molecule has 1 aromatic rings. The van der Waals surface area contributed by atoms with Crippen LogP contribution in [0.2, 0.25) is 0 Å². The number of nitrogens with zero attached hydrogens (tertiary/aromatic N) is 1. The zero-order valence-electron chi connectivity index (χ0n) is 9.27. The molecule has 0 spiro atoms. The van der Waals surface area contributed by atoms with Crippen LogP contribution in [0.3, 0.4) is 0 Å². The molecule has 6 heteroatoms. The first-order chi connectivity index (χ1) is 7.72. The average Bonchev–Trinajstić information content (AvgIpc) is 2.77. The Morgan fingerprint density at radius 3 is 3.06 bits per heavy atom. The maximum atomic E-state index is 11.3. The molecule has 1 atom stereocenters. The number of thiazole rings is 1. The molecule has 1 aromatic heterocycles. The summed E-state index contributed by atoms with van der Waals surface area (Å²) in [7, 11) is 0. The predicted octanol–water partition coefficient (Wildman–Crippen LogP) is 1.10. The Kier molecular flexibility index (Phi) is 5.81. The van der Waals surface area contributed by atoms with E-state index < -0.39 is 6.10 Å². The first kappa shape index (κ1) is 12.9. The minimum absolute atomic E-state index is 0.275. The molecular formula is C10H17N3O2S. The Bertz CT molecular complexity index is 303. The molecule has 1 unspecified atom stereocenters. The van der Waals surface area contributed by atoms with Crippen molar-refractivity contribution in [1.82, 2.24) is 15.6 Å². The highest BCUT2D eigenvalue weighted by molar-refractivity contribution is 7.07. The van der Waals surface area contributed by atoms with Crippen LogP contribution in [-0.4, -0.2) is 28.8 Å². The van der Waals surface area contributed by atoms with E-state index in [4.69, 9.17) is 0 Å². The lowest BCUT2D eigenvalue weighted by atomic mass is 10.2. The summed E-state index contributed by atoms with van der Waals surface area (Å²) in [6.45, 7) is 2.70. The molecule has 3 N–H and O–H groups in total. The van der Waals surface area contributed by atoms with Gasteiger partial charge in [0.25, 0.3) is 0 Å². The number of hydrogen-bond acceptors (Lipinski definition) is 4. The molecule has 0 aliphatic heterocycles. The van der Waals surface area contributed by atoms with Crippen molar-refractivity contribution >= 4 is 17.4 Å². The summed E-state index contributed by atoms with van der Waals surface area (Å²) in [5.41, 5.74) is 2.56. The average molecular weight is 243 g/mol. The number of carbonyl (C=O) groups excluding carboxylic acids is 1. The van der Waals surface area contributed by atoms with Gasteiger partial charge in [-0.25, -0.2) is 9.78 Å². The van der Waals surface area contributed by atoms with Crippen molar-refractivity contribution in [3.05, 3.63) is 16.6 Å². The molecule has 0 bridgehead atoms. The largest absolute Gasteiger partial charge is 0.391 e. The number of aliphatic hydroxyl groups is 1. The topological polar surface area (TPSA) is 74.2 Å². The van der Waals surface area contributed by atoms with Gasteiger partial charge in [0.1, 0.15) is 0 Å². The molecule has 0 saturated heterocycles. The Hall–Kier alpha value is -1.14. The summed E-state index contributed by atoms with van der Waals surface area (Å²) in [6.07, 6.45) is 1.14. The highest BCUT2D eigenvalue weighted by Gasteiger charge is 2.05. The van der Waals surface area contributed by atoms with Gasteiger partial charge < -0.3 is 15.7 Å². The summed E-state index contributed by atoms with van der Waals surface area (Å²) in [5, 5.41) is 16.5. The van der Waals surface area contributed by atoms with E-state index in [-0.39, 0.29) is 12.6 Å². The fourth-order valence-corrected chi connectivity index (χ4v) is 1.76. The Morgan fingerprint density at radius 1 is 1.62 bits per heavy atom. The molecule has 1 rings (SSSR count). The van der Waals surface area contributed by atoms with Gasteiger partial charge in [-0.3, -0.25) is 0 Å². The molecule has 0 aliphatic carbocycles. The van der Waals surface area contributed by atoms with E-state index in [2.05, 4.69) is 15.6 Å². The zero-order chi connectivity index (χ0) is 11.8. The van der Waals surface area contributed by atoms with Crippen LogP contribution in [0.1, 0.15) is 25.5 Å². The summed E-state index contributed by atoms with van der Waals surface area (Å²) in [4.78, 5) is 15.3. The monoisotopic (exact) mass is 243 g/mol. The van der Waals surface area contributed by atoms with Crippen molar-refractivity contribution in [2.75, 3.05) is 6.54 Å². The smallest absolute Gasteiger partial charge is 0.315 e. The van der Waals surface area contributed by atoms with Gasteiger partial charge >= 0.3 is 6.03 Å². The summed E-state index contributed by atoms with van der Waals surface area (Å²) in [5.74, 6) is 0. The summed E-state index contributed by atoms with van der Waals surface area (Å²) < 4.78 is 0. The summed E-state index contributed by atoms with van der Waals surface area (Å²) in [6, 6.07) is -0.275.